The molecule has 25 nitrogen and oxygen atoms in total. The van der Waals surface area contributed by atoms with Gasteiger partial charge >= 0.3 is 42.3 Å². The first-order valence-electron chi connectivity index (χ1n) is 22.5. The number of carbonyl (C=O) groups is 7. The van der Waals surface area contributed by atoms with Gasteiger partial charge in [0.1, 0.15) is 97.3 Å². The molecule has 4 aromatic carbocycles. The molecule has 3 unspecified atom stereocenters. The highest BCUT2D eigenvalue weighted by atomic mass is 16.6. The monoisotopic (exact) mass is 1090 g/mol. The fourth-order valence-electron chi connectivity index (χ4n) is 4.83. The number of rotatable bonds is 23. The highest BCUT2D eigenvalue weighted by Crippen LogP contribution is 2.22. The summed E-state index contributed by atoms with van der Waals surface area (Å²) in [5, 5.41) is 47.4. The van der Waals surface area contributed by atoms with Gasteiger partial charge in [0.25, 0.3) is 0 Å². The van der Waals surface area contributed by atoms with Crippen LogP contribution in [0.15, 0.2) is 134 Å². The maximum Gasteiger partial charge on any atom is 0.413 e. The molecule has 1 aliphatic rings. The minimum atomic E-state index is -1.09. The number of nitrogens with one attached hydrogen (secondary N) is 4. The number of ether oxygens (including phenoxy) is 10. The fourth-order valence-corrected chi connectivity index (χ4v) is 4.83. The van der Waals surface area contributed by atoms with E-state index < -0.39 is 48.5 Å². The second-order valence-corrected chi connectivity index (χ2v) is 15.6. The third-order valence-electron chi connectivity index (χ3n) is 8.57. The lowest BCUT2D eigenvalue weighted by atomic mass is 10.3. The van der Waals surface area contributed by atoms with Crippen LogP contribution in [0.3, 0.4) is 0 Å². The number of carbonyl (C=O) groups excluding carboxylic acids is 7. The Labute approximate surface area is 451 Å². The van der Waals surface area contributed by atoms with E-state index in [9.17, 15) is 54.0 Å². The number of aliphatic hydroxyl groups excluding tert-OH is 2. The van der Waals surface area contributed by atoms with E-state index in [1.54, 1.807) is 31.2 Å². The first-order chi connectivity index (χ1) is 36.1. The van der Waals surface area contributed by atoms with Crippen molar-refractivity contribution in [3.05, 3.63) is 134 Å². The number of aromatic hydroxyl groups is 2. The van der Waals surface area contributed by atoms with Crippen LogP contribution in [0.5, 0.6) is 46.0 Å². The molecule has 0 bridgehead atoms. The Morgan fingerprint density at radius 2 is 0.808 bits per heavy atom. The van der Waals surface area contributed by atoms with Crippen LogP contribution < -0.4 is 49.7 Å². The van der Waals surface area contributed by atoms with E-state index in [1.807, 2.05) is 0 Å². The predicted molar refractivity (Wildman–Crippen MR) is 278 cm³/mol. The molecule has 419 valence electrons. The summed E-state index contributed by atoms with van der Waals surface area (Å²) in [6, 6.07) is 23.4. The molecule has 0 spiro atoms. The van der Waals surface area contributed by atoms with Crippen molar-refractivity contribution in [2.75, 3.05) is 53.0 Å². The van der Waals surface area contributed by atoms with Crippen molar-refractivity contribution in [2.24, 2.45) is 0 Å². The van der Waals surface area contributed by atoms with Gasteiger partial charge in [-0.3, -0.25) is 0 Å². The highest BCUT2D eigenvalue weighted by molar-refractivity contribution is 5.87. The van der Waals surface area contributed by atoms with Gasteiger partial charge in [0.05, 0.1) is 19.9 Å². The fraction of sp³-hybridized carbons (Fsp3) is 0.288. The number of amides is 4. The minimum absolute atomic E-state index is 0. The third-order valence-corrected chi connectivity index (χ3v) is 8.57. The van der Waals surface area contributed by atoms with Gasteiger partial charge in [-0.05, 0) is 69.3 Å². The summed E-state index contributed by atoms with van der Waals surface area (Å²) in [6.45, 7) is 14.5. The maximum atomic E-state index is 12.1. The van der Waals surface area contributed by atoms with E-state index in [4.69, 9.17) is 47.4 Å². The van der Waals surface area contributed by atoms with Gasteiger partial charge < -0.3 is 89.1 Å². The van der Waals surface area contributed by atoms with Crippen molar-refractivity contribution in [3.63, 3.8) is 0 Å². The summed E-state index contributed by atoms with van der Waals surface area (Å²) in [7, 11) is 0. The van der Waals surface area contributed by atoms with E-state index >= 15 is 0 Å². The summed E-state index contributed by atoms with van der Waals surface area (Å²) in [5.74, 6) is -0.548. The van der Waals surface area contributed by atoms with Crippen molar-refractivity contribution in [3.8, 4) is 46.0 Å². The van der Waals surface area contributed by atoms with E-state index in [1.165, 1.54) is 86.6 Å². The first kappa shape index (κ1) is 66.7. The molecule has 3 radical (unpaired) electrons. The van der Waals surface area contributed by atoms with Gasteiger partial charge in [-0.25, -0.2) is 33.6 Å². The highest BCUT2D eigenvalue weighted by Gasteiger charge is 2.24. The molecule has 4 aromatic rings. The summed E-state index contributed by atoms with van der Waals surface area (Å²) in [6.07, 6.45) is -5.42. The Morgan fingerprint density at radius 3 is 1.12 bits per heavy atom. The average Bonchev–Trinajstić information content (AvgIpc) is 4.20. The van der Waals surface area contributed by atoms with Crippen LogP contribution in [0.1, 0.15) is 28.2 Å². The van der Waals surface area contributed by atoms with Crippen molar-refractivity contribution in [1.82, 2.24) is 21.3 Å². The number of epoxide rings is 1. The van der Waals surface area contributed by atoms with Crippen LogP contribution in [0.25, 0.3) is 0 Å². The topological polar surface area (TPSA) is 344 Å². The standard InChI is InChI=1S/C29H34N2O12.C15H14N2O6.C7H10O3.CH4.B/c1-18(2)26(34)40-15-20(32)13-38-22-7-5-9-24(11-22)42-28(36)30-17-31-29(37)43-25-10-6-8-23(12-25)39-14-21(33)16-41-27(35)19(3)4;18-10-3-1-5-12(7-10)22-14(20)16-9-17-15(21)23-13-6-2-4-11(19)8-13;1-5(2)7(8)10-4-6-3-9-6;;/h5-12,20-21,32-33H,1,3,13-17H2,2,4H3,(H,30,36)(H,31,37);1-8,18-19H,9H2,(H,16,20)(H,17,21);6H,1,3-4H2,2H3;1H4;. The van der Waals surface area contributed by atoms with E-state index in [0.717, 1.165) is 0 Å². The minimum Gasteiger partial charge on any atom is -0.508 e. The Hall–Kier alpha value is -9.27. The first-order valence-corrected chi connectivity index (χ1v) is 22.5. The van der Waals surface area contributed by atoms with Crippen LogP contribution in [0.4, 0.5) is 19.2 Å². The van der Waals surface area contributed by atoms with Crippen LogP contribution in [-0.4, -0.2) is 142 Å². The van der Waals surface area contributed by atoms with Crippen LogP contribution in [-0.2, 0) is 33.3 Å². The Balaban J connectivity index is 0.000000718. The molecule has 1 heterocycles. The SMILES string of the molecule is C.C=C(C)C(=O)OCC(O)COc1cccc(OC(=O)NCNC(=O)Oc2cccc(OCC(O)COC(=O)C(=C)C)c2)c1.C=C(C)C(=O)OCC1CO1.O=C(NCNC(=O)Oc1cccc(O)c1)Oc1cccc(O)c1.[B]. The largest absolute Gasteiger partial charge is 0.508 e. The zero-order valence-corrected chi connectivity index (χ0v) is 42.1. The summed E-state index contributed by atoms with van der Waals surface area (Å²) < 4.78 is 50.2. The summed E-state index contributed by atoms with van der Waals surface area (Å²) in [4.78, 5) is 80.6. The molecule has 5 rings (SSSR count). The Morgan fingerprint density at radius 1 is 0.513 bits per heavy atom. The number of esters is 3. The normalized spacial score (nSPS) is 12.1. The van der Waals surface area contributed by atoms with E-state index in [-0.39, 0.29) is 125 Å². The molecular formula is C52H62BN4O21. The number of phenolic OH excluding ortho intramolecular Hbond substituents is 2. The molecule has 0 saturated carbocycles. The van der Waals surface area contributed by atoms with Crippen LogP contribution in [0.2, 0.25) is 0 Å². The Kier molecular flexibility index (Phi) is 30.7. The number of hydrogen-bond donors (Lipinski definition) is 8. The molecule has 26 heteroatoms. The second kappa shape index (κ2) is 35.8. The van der Waals surface area contributed by atoms with Crippen molar-refractivity contribution >= 4 is 50.7 Å². The lowest BCUT2D eigenvalue weighted by Crippen LogP contribution is -2.39. The molecule has 1 fully saturated rings. The van der Waals surface area contributed by atoms with Gasteiger partial charge in [0.15, 0.2) is 0 Å². The third kappa shape index (κ3) is 29.6. The van der Waals surface area contributed by atoms with Gasteiger partial charge in [0, 0.05) is 49.4 Å². The zero-order chi connectivity index (χ0) is 56.0. The molecule has 1 aliphatic heterocycles. The molecule has 3 atom stereocenters. The smallest absolute Gasteiger partial charge is 0.413 e. The summed E-state index contributed by atoms with van der Waals surface area (Å²) >= 11 is 0. The summed E-state index contributed by atoms with van der Waals surface area (Å²) in [5.41, 5.74) is 0.840. The number of benzene rings is 4. The maximum absolute atomic E-state index is 12.1. The molecule has 78 heavy (non-hydrogen) atoms. The molecule has 8 N–H and O–H groups in total. The number of hydrogen-bond acceptors (Lipinski definition) is 21. The van der Waals surface area contributed by atoms with Gasteiger partial charge in [-0.2, -0.15) is 0 Å². The number of aliphatic hydroxyl groups is 2. The van der Waals surface area contributed by atoms with E-state index in [0.29, 0.717) is 18.8 Å². The zero-order valence-electron chi connectivity index (χ0n) is 42.1. The molecular weight excluding hydrogens is 1030 g/mol. The second-order valence-electron chi connectivity index (χ2n) is 15.6. The molecule has 0 aromatic heterocycles. The predicted octanol–water partition coefficient (Wildman–Crippen LogP) is 4.93. The van der Waals surface area contributed by atoms with Crippen molar-refractivity contribution in [1.29, 1.82) is 0 Å². The molecule has 4 amide bonds. The molecule has 1 saturated heterocycles. The lowest BCUT2D eigenvalue weighted by Gasteiger charge is -2.14. The molecule has 0 aliphatic carbocycles. The average molecular weight is 1090 g/mol. The van der Waals surface area contributed by atoms with E-state index in [2.05, 4.69) is 41.0 Å². The van der Waals surface area contributed by atoms with Crippen LogP contribution in [0, 0.1) is 0 Å². The lowest BCUT2D eigenvalue weighted by molar-refractivity contribution is -0.143. The van der Waals surface area contributed by atoms with Gasteiger partial charge in [0.2, 0.25) is 0 Å². The van der Waals surface area contributed by atoms with Gasteiger partial charge in [-0.15, -0.1) is 0 Å². The Bertz CT molecular complexity index is 2490. The van der Waals surface area contributed by atoms with Crippen molar-refractivity contribution < 1.29 is 101 Å². The van der Waals surface area contributed by atoms with Crippen LogP contribution >= 0.6 is 0 Å². The van der Waals surface area contributed by atoms with Crippen molar-refractivity contribution in [2.45, 2.75) is 46.5 Å². The van der Waals surface area contributed by atoms with Gasteiger partial charge in [-0.1, -0.05) is 51.4 Å². The number of phenols is 2. The quantitative estimate of drug-likeness (QED) is 0.0122.